The molecule has 0 aromatic heterocycles. The SMILES string of the molecule is CC(C)CCCCCCCCCCCCCCCCCCC(=O)O[C@H](COC(=O)CCCCCCCCCCCCCCCC(C)C)COP(=O)(O)OCC(O)COP(=O)(O)OC[C@@H](COC(=O)CCCCCCCCCC(C)C)OC(=O)CCCCCCCCCCCCCCC(C)C. The Morgan fingerprint density at radius 2 is 0.420 bits per heavy atom. The molecule has 0 rings (SSSR count). The van der Waals surface area contributed by atoms with E-state index in [2.05, 4.69) is 55.4 Å². The van der Waals surface area contributed by atoms with Gasteiger partial charge in [0.1, 0.15) is 19.3 Å². The van der Waals surface area contributed by atoms with Crippen molar-refractivity contribution in [2.45, 2.75) is 433 Å². The Bertz CT molecular complexity index is 1950. The summed E-state index contributed by atoms with van der Waals surface area (Å²) >= 11 is 0. The molecule has 0 bridgehead atoms. The van der Waals surface area contributed by atoms with Crippen molar-refractivity contribution in [3.63, 3.8) is 0 Å². The molecule has 594 valence electrons. The lowest BCUT2D eigenvalue weighted by Gasteiger charge is -2.21. The second kappa shape index (κ2) is 70.1. The van der Waals surface area contributed by atoms with Gasteiger partial charge in [-0.15, -0.1) is 0 Å². The van der Waals surface area contributed by atoms with Gasteiger partial charge in [-0.1, -0.05) is 364 Å². The standard InChI is InChI=1S/C81H158O17P2/c1-71(2)57-49-41-33-26-20-14-11-9-10-12-16-24-30-38-47-55-63-80(85)97-76(67-91-78(83)61-53-45-37-29-23-17-13-15-21-27-34-42-50-58-72(3)4)69-95-99(87,88)93-65-75(82)66-94-100(89,90)96-70-77(68-92-79(84)62-54-46-40-32-36-44-52-60-74(7)8)98-81(86)64-56-48-39-31-25-19-18-22-28-35-43-51-59-73(5)6/h71-77,82H,9-70H2,1-8H3,(H,87,88)(H,89,90)/t75?,76-,77-/m1/s1. The van der Waals surface area contributed by atoms with Crippen LogP contribution in [0.5, 0.6) is 0 Å². The summed E-state index contributed by atoms with van der Waals surface area (Å²) in [6.07, 6.45) is 56.9. The number of aliphatic hydroxyl groups is 1. The molecule has 17 nitrogen and oxygen atoms in total. The largest absolute Gasteiger partial charge is 0.472 e. The molecule has 0 amide bonds. The zero-order chi connectivity index (χ0) is 73.8. The third-order valence-corrected chi connectivity index (χ3v) is 20.7. The fourth-order valence-electron chi connectivity index (χ4n) is 12.4. The Labute approximate surface area is 613 Å². The number of phosphoric ester groups is 2. The highest BCUT2D eigenvalue weighted by atomic mass is 31.2. The van der Waals surface area contributed by atoms with Crippen LogP contribution in [0, 0.1) is 23.7 Å². The van der Waals surface area contributed by atoms with Crippen molar-refractivity contribution in [1.29, 1.82) is 0 Å². The fraction of sp³-hybridized carbons (Fsp3) is 0.951. The Kier molecular flexibility index (Phi) is 68.7. The Balaban J connectivity index is 5.25. The lowest BCUT2D eigenvalue weighted by molar-refractivity contribution is -0.161. The van der Waals surface area contributed by atoms with Gasteiger partial charge >= 0.3 is 39.5 Å². The molecule has 0 aromatic rings. The summed E-state index contributed by atoms with van der Waals surface area (Å²) in [6.45, 7) is 14.2. The minimum absolute atomic E-state index is 0.106. The maximum Gasteiger partial charge on any atom is 0.472 e. The van der Waals surface area contributed by atoms with Gasteiger partial charge in [-0.2, -0.15) is 0 Å². The maximum absolute atomic E-state index is 13.1. The molecule has 0 aliphatic rings. The van der Waals surface area contributed by atoms with Crippen LogP contribution in [0.1, 0.15) is 415 Å². The third-order valence-electron chi connectivity index (χ3n) is 18.8. The van der Waals surface area contributed by atoms with Gasteiger partial charge in [-0.3, -0.25) is 37.3 Å². The first-order valence-corrected chi connectivity index (χ1v) is 44.7. The van der Waals surface area contributed by atoms with Crippen molar-refractivity contribution in [1.82, 2.24) is 0 Å². The van der Waals surface area contributed by atoms with Crippen LogP contribution in [0.15, 0.2) is 0 Å². The monoisotopic (exact) mass is 1470 g/mol. The molecule has 3 N–H and O–H groups in total. The van der Waals surface area contributed by atoms with E-state index in [1.807, 2.05) is 0 Å². The summed E-state index contributed by atoms with van der Waals surface area (Å²) in [6, 6.07) is 0. The second-order valence-electron chi connectivity index (χ2n) is 31.1. The fourth-order valence-corrected chi connectivity index (χ4v) is 14.0. The van der Waals surface area contributed by atoms with Crippen molar-refractivity contribution in [2.75, 3.05) is 39.6 Å². The van der Waals surface area contributed by atoms with Crippen molar-refractivity contribution in [3.05, 3.63) is 0 Å². The molecular weight excluding hydrogens is 1310 g/mol. The van der Waals surface area contributed by atoms with E-state index in [1.165, 1.54) is 212 Å². The van der Waals surface area contributed by atoms with Crippen LogP contribution in [0.4, 0.5) is 0 Å². The summed E-state index contributed by atoms with van der Waals surface area (Å²) in [5.41, 5.74) is 0. The lowest BCUT2D eigenvalue weighted by Crippen LogP contribution is -2.30. The zero-order valence-electron chi connectivity index (χ0n) is 65.8. The highest BCUT2D eigenvalue weighted by Crippen LogP contribution is 2.45. The average Bonchev–Trinajstić information content (AvgIpc) is 0.935. The molecule has 3 unspecified atom stereocenters. The molecule has 0 saturated carbocycles. The van der Waals surface area contributed by atoms with E-state index in [9.17, 15) is 43.2 Å². The number of carbonyl (C=O) groups excluding carboxylic acids is 4. The average molecular weight is 1470 g/mol. The van der Waals surface area contributed by atoms with E-state index in [1.54, 1.807) is 0 Å². The Hall–Kier alpha value is -1.94. The molecule has 100 heavy (non-hydrogen) atoms. The number of unbranched alkanes of at least 4 members (excludes halogenated alkanes) is 44. The van der Waals surface area contributed by atoms with Crippen molar-refractivity contribution < 1.29 is 80.2 Å². The smallest absolute Gasteiger partial charge is 0.462 e. The minimum atomic E-state index is -4.96. The lowest BCUT2D eigenvalue weighted by atomic mass is 10.0. The Morgan fingerprint density at radius 1 is 0.250 bits per heavy atom. The van der Waals surface area contributed by atoms with Gasteiger partial charge in [0.05, 0.1) is 26.4 Å². The van der Waals surface area contributed by atoms with Gasteiger partial charge in [0.25, 0.3) is 0 Å². The summed E-state index contributed by atoms with van der Waals surface area (Å²) in [5, 5.41) is 10.6. The highest BCUT2D eigenvalue weighted by molar-refractivity contribution is 7.47. The first-order valence-electron chi connectivity index (χ1n) is 41.7. The normalized spacial score (nSPS) is 14.0. The molecule has 5 atom stereocenters. The third kappa shape index (κ3) is 74.3. The number of phosphoric acid groups is 2. The van der Waals surface area contributed by atoms with E-state index in [0.29, 0.717) is 31.6 Å². The van der Waals surface area contributed by atoms with Crippen LogP contribution in [0.25, 0.3) is 0 Å². The van der Waals surface area contributed by atoms with Crippen LogP contribution in [0.2, 0.25) is 0 Å². The van der Waals surface area contributed by atoms with Gasteiger partial charge in [-0.25, -0.2) is 9.13 Å². The molecular formula is C81H158O17P2. The number of carbonyl (C=O) groups is 4. The van der Waals surface area contributed by atoms with E-state index in [0.717, 1.165) is 114 Å². The number of hydrogen-bond acceptors (Lipinski definition) is 15. The van der Waals surface area contributed by atoms with Crippen molar-refractivity contribution in [3.8, 4) is 0 Å². The first-order chi connectivity index (χ1) is 48.1. The number of rotatable bonds is 78. The molecule has 0 saturated heterocycles. The molecule has 19 heteroatoms. The predicted molar refractivity (Wildman–Crippen MR) is 409 cm³/mol. The zero-order valence-corrected chi connectivity index (χ0v) is 67.6. The van der Waals surface area contributed by atoms with E-state index in [4.69, 9.17) is 37.0 Å². The molecule has 0 spiro atoms. The molecule has 0 aromatic carbocycles. The highest BCUT2D eigenvalue weighted by Gasteiger charge is 2.30. The van der Waals surface area contributed by atoms with Gasteiger partial charge in [-0.05, 0) is 49.4 Å². The van der Waals surface area contributed by atoms with Gasteiger partial charge in [0, 0.05) is 25.7 Å². The second-order valence-corrected chi connectivity index (χ2v) is 34.0. The van der Waals surface area contributed by atoms with Gasteiger partial charge < -0.3 is 33.8 Å². The molecule has 0 aliphatic carbocycles. The summed E-state index contributed by atoms with van der Waals surface area (Å²) in [5.74, 6) is 0.968. The number of hydrogen-bond donors (Lipinski definition) is 3. The van der Waals surface area contributed by atoms with Crippen molar-refractivity contribution >= 4 is 39.5 Å². The molecule has 0 heterocycles. The van der Waals surface area contributed by atoms with E-state index >= 15 is 0 Å². The van der Waals surface area contributed by atoms with Gasteiger partial charge in [0.2, 0.25) is 0 Å². The number of ether oxygens (including phenoxy) is 4. The van der Waals surface area contributed by atoms with E-state index in [-0.39, 0.29) is 25.7 Å². The van der Waals surface area contributed by atoms with Crippen LogP contribution in [-0.2, 0) is 65.4 Å². The number of aliphatic hydroxyl groups excluding tert-OH is 1. The van der Waals surface area contributed by atoms with Crippen molar-refractivity contribution in [2.24, 2.45) is 23.7 Å². The molecule has 0 aliphatic heterocycles. The van der Waals surface area contributed by atoms with Crippen LogP contribution >= 0.6 is 15.6 Å². The van der Waals surface area contributed by atoms with Crippen LogP contribution in [0.3, 0.4) is 0 Å². The topological polar surface area (TPSA) is 237 Å². The van der Waals surface area contributed by atoms with Gasteiger partial charge in [0.15, 0.2) is 12.2 Å². The summed E-state index contributed by atoms with van der Waals surface area (Å²) < 4.78 is 68.7. The first kappa shape index (κ1) is 98.1. The summed E-state index contributed by atoms with van der Waals surface area (Å²) in [4.78, 5) is 73.0. The quantitative estimate of drug-likeness (QED) is 0.0222. The maximum atomic E-state index is 13.1. The number of esters is 4. The molecule has 0 fully saturated rings. The Morgan fingerprint density at radius 3 is 0.620 bits per heavy atom. The van der Waals surface area contributed by atoms with Crippen LogP contribution in [-0.4, -0.2) is 96.7 Å². The minimum Gasteiger partial charge on any atom is -0.462 e. The summed E-state index contributed by atoms with van der Waals surface area (Å²) in [7, 11) is -9.92. The predicted octanol–water partition coefficient (Wildman–Crippen LogP) is 24.0. The molecule has 0 radical (unpaired) electrons. The van der Waals surface area contributed by atoms with Crippen LogP contribution < -0.4 is 0 Å². The van der Waals surface area contributed by atoms with E-state index < -0.39 is 97.5 Å².